The first-order valence-corrected chi connectivity index (χ1v) is 5.50. The smallest absolute Gasteiger partial charge is 0.191 e. The van der Waals surface area contributed by atoms with Crippen molar-refractivity contribution in [3.8, 4) is 0 Å². The Bertz CT molecular complexity index is 331. The fourth-order valence-electron chi connectivity index (χ4n) is 1.54. The van der Waals surface area contributed by atoms with Crippen LogP contribution in [0.2, 0.25) is 0 Å². The molecule has 0 radical (unpaired) electrons. The van der Waals surface area contributed by atoms with E-state index in [-0.39, 0.29) is 5.78 Å². The summed E-state index contributed by atoms with van der Waals surface area (Å²) in [5, 5.41) is 9.59. The number of ketones is 1. The van der Waals surface area contributed by atoms with E-state index in [2.05, 4.69) is 0 Å². The fourth-order valence-corrected chi connectivity index (χ4v) is 1.54. The molecule has 0 aromatic heterocycles. The van der Waals surface area contributed by atoms with Crippen LogP contribution in [0.15, 0.2) is 24.3 Å². The van der Waals surface area contributed by atoms with Crippen LogP contribution in [0.25, 0.3) is 0 Å². The van der Waals surface area contributed by atoms with Gasteiger partial charge in [0, 0.05) is 5.56 Å². The summed E-state index contributed by atoms with van der Waals surface area (Å²) in [6.45, 7) is 4.00. The van der Waals surface area contributed by atoms with Crippen LogP contribution in [-0.2, 0) is 6.42 Å². The topological polar surface area (TPSA) is 37.3 Å². The molecule has 0 heterocycles. The highest BCUT2D eigenvalue weighted by molar-refractivity contribution is 5.99. The lowest BCUT2D eigenvalue weighted by atomic mass is 10.0. The second kappa shape index (κ2) is 5.66. The van der Waals surface area contributed by atoms with E-state index in [4.69, 9.17) is 0 Å². The molecule has 0 amide bonds. The molecule has 1 atom stereocenters. The monoisotopic (exact) mass is 206 g/mol. The standard InChI is InChI=1S/C13H18O2/c1-3-6-12(14)13(15)11-8-5-7-10(4-2)9-11/h5,7-9,12,14H,3-4,6H2,1-2H3. The molecule has 0 aliphatic carbocycles. The molecule has 0 aliphatic rings. The summed E-state index contributed by atoms with van der Waals surface area (Å²) >= 11 is 0. The van der Waals surface area contributed by atoms with E-state index in [1.54, 1.807) is 6.07 Å². The number of Topliss-reactive ketones (excluding diaryl/α,β-unsaturated/α-hetero) is 1. The summed E-state index contributed by atoms with van der Waals surface area (Å²) in [6, 6.07) is 7.48. The zero-order chi connectivity index (χ0) is 11.3. The molecular weight excluding hydrogens is 188 g/mol. The van der Waals surface area contributed by atoms with Gasteiger partial charge in [0.2, 0.25) is 0 Å². The van der Waals surface area contributed by atoms with Gasteiger partial charge in [-0.15, -0.1) is 0 Å². The zero-order valence-corrected chi connectivity index (χ0v) is 9.36. The minimum atomic E-state index is -0.845. The summed E-state index contributed by atoms with van der Waals surface area (Å²) < 4.78 is 0. The number of rotatable bonds is 5. The van der Waals surface area contributed by atoms with Crippen molar-refractivity contribution in [1.82, 2.24) is 0 Å². The Morgan fingerprint density at radius 3 is 2.73 bits per heavy atom. The van der Waals surface area contributed by atoms with Crippen LogP contribution in [0, 0.1) is 0 Å². The van der Waals surface area contributed by atoms with Gasteiger partial charge in [0.25, 0.3) is 0 Å². The molecule has 0 bridgehead atoms. The Balaban J connectivity index is 2.81. The summed E-state index contributed by atoms with van der Waals surface area (Å²) in [6.07, 6.45) is 1.42. The van der Waals surface area contributed by atoms with Gasteiger partial charge in [-0.2, -0.15) is 0 Å². The van der Waals surface area contributed by atoms with E-state index in [1.165, 1.54) is 0 Å². The number of hydrogen-bond acceptors (Lipinski definition) is 2. The second-order valence-electron chi connectivity index (χ2n) is 3.72. The zero-order valence-electron chi connectivity index (χ0n) is 9.36. The largest absolute Gasteiger partial charge is 0.385 e. The summed E-state index contributed by atoms with van der Waals surface area (Å²) in [7, 11) is 0. The highest BCUT2D eigenvalue weighted by Crippen LogP contribution is 2.10. The minimum Gasteiger partial charge on any atom is -0.385 e. The average Bonchev–Trinajstić information content (AvgIpc) is 2.28. The van der Waals surface area contributed by atoms with E-state index in [0.29, 0.717) is 12.0 Å². The summed E-state index contributed by atoms with van der Waals surface area (Å²) in [5.41, 5.74) is 1.75. The Morgan fingerprint density at radius 1 is 1.40 bits per heavy atom. The van der Waals surface area contributed by atoms with Crippen molar-refractivity contribution in [2.45, 2.75) is 39.2 Å². The normalized spacial score (nSPS) is 12.5. The van der Waals surface area contributed by atoms with Gasteiger partial charge in [-0.05, 0) is 24.5 Å². The molecule has 1 rings (SSSR count). The fraction of sp³-hybridized carbons (Fsp3) is 0.462. The first-order valence-electron chi connectivity index (χ1n) is 5.50. The van der Waals surface area contributed by atoms with Crippen LogP contribution in [-0.4, -0.2) is 17.0 Å². The number of carbonyl (C=O) groups is 1. The first-order chi connectivity index (χ1) is 7.19. The van der Waals surface area contributed by atoms with Crippen LogP contribution in [0.1, 0.15) is 42.6 Å². The van der Waals surface area contributed by atoms with Gasteiger partial charge in [-0.25, -0.2) is 0 Å². The maximum Gasteiger partial charge on any atom is 0.191 e. The number of carbonyl (C=O) groups excluding carboxylic acids is 1. The number of aliphatic hydroxyl groups excluding tert-OH is 1. The third kappa shape index (κ3) is 3.17. The van der Waals surface area contributed by atoms with E-state index < -0.39 is 6.10 Å². The summed E-state index contributed by atoms with van der Waals surface area (Å²) in [4.78, 5) is 11.8. The molecule has 1 aromatic carbocycles. The molecule has 0 spiro atoms. The van der Waals surface area contributed by atoms with Gasteiger partial charge in [-0.3, -0.25) is 4.79 Å². The number of benzene rings is 1. The Labute approximate surface area is 90.9 Å². The van der Waals surface area contributed by atoms with Crippen molar-refractivity contribution >= 4 is 5.78 Å². The lowest BCUT2D eigenvalue weighted by Crippen LogP contribution is -2.20. The molecule has 1 N–H and O–H groups in total. The highest BCUT2D eigenvalue weighted by atomic mass is 16.3. The molecule has 0 saturated carbocycles. The van der Waals surface area contributed by atoms with Crippen molar-refractivity contribution in [3.63, 3.8) is 0 Å². The Hall–Kier alpha value is -1.15. The lowest BCUT2D eigenvalue weighted by Gasteiger charge is -2.08. The van der Waals surface area contributed by atoms with Crippen LogP contribution >= 0.6 is 0 Å². The van der Waals surface area contributed by atoms with Gasteiger partial charge < -0.3 is 5.11 Å². The highest BCUT2D eigenvalue weighted by Gasteiger charge is 2.15. The molecule has 2 heteroatoms. The second-order valence-corrected chi connectivity index (χ2v) is 3.72. The molecule has 15 heavy (non-hydrogen) atoms. The van der Waals surface area contributed by atoms with Crippen LogP contribution < -0.4 is 0 Å². The average molecular weight is 206 g/mol. The van der Waals surface area contributed by atoms with Crippen LogP contribution in [0.3, 0.4) is 0 Å². The molecule has 2 nitrogen and oxygen atoms in total. The molecular formula is C13H18O2. The van der Waals surface area contributed by atoms with Crippen molar-refractivity contribution in [2.24, 2.45) is 0 Å². The molecule has 0 fully saturated rings. The van der Waals surface area contributed by atoms with Gasteiger partial charge in [0.05, 0.1) is 0 Å². The van der Waals surface area contributed by atoms with Gasteiger partial charge in [0.1, 0.15) is 6.10 Å². The van der Waals surface area contributed by atoms with E-state index in [9.17, 15) is 9.90 Å². The molecule has 0 saturated heterocycles. The maximum absolute atomic E-state index is 11.8. The Morgan fingerprint density at radius 2 is 2.13 bits per heavy atom. The predicted molar refractivity (Wildman–Crippen MR) is 61.1 cm³/mol. The lowest BCUT2D eigenvalue weighted by molar-refractivity contribution is 0.0729. The number of hydrogen-bond donors (Lipinski definition) is 1. The molecule has 0 aliphatic heterocycles. The van der Waals surface area contributed by atoms with Crippen molar-refractivity contribution in [3.05, 3.63) is 35.4 Å². The van der Waals surface area contributed by atoms with Gasteiger partial charge >= 0.3 is 0 Å². The maximum atomic E-state index is 11.8. The quantitative estimate of drug-likeness (QED) is 0.752. The SMILES string of the molecule is CCCC(O)C(=O)c1cccc(CC)c1. The van der Waals surface area contributed by atoms with E-state index in [1.807, 2.05) is 32.0 Å². The third-order valence-corrected chi connectivity index (χ3v) is 2.48. The van der Waals surface area contributed by atoms with Crippen LogP contribution in [0.4, 0.5) is 0 Å². The predicted octanol–water partition coefficient (Wildman–Crippen LogP) is 2.59. The van der Waals surface area contributed by atoms with Crippen molar-refractivity contribution in [2.75, 3.05) is 0 Å². The van der Waals surface area contributed by atoms with Crippen molar-refractivity contribution < 1.29 is 9.90 Å². The van der Waals surface area contributed by atoms with Gasteiger partial charge in [-0.1, -0.05) is 38.5 Å². The van der Waals surface area contributed by atoms with E-state index >= 15 is 0 Å². The van der Waals surface area contributed by atoms with Crippen LogP contribution in [0.5, 0.6) is 0 Å². The Kier molecular flexibility index (Phi) is 4.50. The molecule has 1 unspecified atom stereocenters. The van der Waals surface area contributed by atoms with Gasteiger partial charge in [0.15, 0.2) is 5.78 Å². The third-order valence-electron chi connectivity index (χ3n) is 2.48. The minimum absolute atomic E-state index is 0.160. The number of aryl methyl sites for hydroxylation is 1. The first kappa shape index (κ1) is 11.9. The molecule has 1 aromatic rings. The van der Waals surface area contributed by atoms with E-state index in [0.717, 1.165) is 18.4 Å². The molecule has 82 valence electrons. The van der Waals surface area contributed by atoms with Crippen molar-refractivity contribution in [1.29, 1.82) is 0 Å². The number of aliphatic hydroxyl groups is 1. The summed E-state index contributed by atoms with van der Waals surface area (Å²) in [5.74, 6) is -0.160.